The van der Waals surface area contributed by atoms with Gasteiger partial charge in [0.15, 0.2) is 0 Å². The van der Waals surface area contributed by atoms with E-state index in [4.69, 9.17) is 11.6 Å². The van der Waals surface area contributed by atoms with Crippen molar-refractivity contribution in [2.45, 2.75) is 13.8 Å². The number of rotatable bonds is 2. The molecule has 0 atom stereocenters. The lowest BCUT2D eigenvalue weighted by Gasteiger charge is -2.10. The van der Waals surface area contributed by atoms with Gasteiger partial charge < -0.3 is 5.32 Å². The fourth-order valence-electron chi connectivity index (χ4n) is 2.51. The molecule has 0 saturated carbocycles. The van der Waals surface area contributed by atoms with E-state index in [-0.39, 0.29) is 16.6 Å². The summed E-state index contributed by atoms with van der Waals surface area (Å²) >= 11 is 5.85. The number of benzene rings is 2. The average molecular weight is 365 g/mol. The van der Waals surface area contributed by atoms with Crippen LogP contribution >= 0.6 is 11.6 Å². The number of hydrogen-bond donors (Lipinski definition) is 1. The van der Waals surface area contributed by atoms with E-state index in [0.29, 0.717) is 27.4 Å². The van der Waals surface area contributed by atoms with Crippen LogP contribution in [0.5, 0.6) is 0 Å². The van der Waals surface area contributed by atoms with E-state index in [1.54, 1.807) is 44.2 Å². The van der Waals surface area contributed by atoms with E-state index in [9.17, 15) is 12.8 Å². The number of amidine groups is 1. The van der Waals surface area contributed by atoms with Crippen LogP contribution < -0.4 is 5.32 Å². The van der Waals surface area contributed by atoms with Crippen LogP contribution in [0.2, 0.25) is 5.02 Å². The van der Waals surface area contributed by atoms with Crippen LogP contribution in [-0.2, 0) is 10.0 Å². The second kappa shape index (κ2) is 6.03. The van der Waals surface area contributed by atoms with Gasteiger partial charge in [-0.15, -0.1) is 4.40 Å². The summed E-state index contributed by atoms with van der Waals surface area (Å²) in [7, 11) is -3.80. The Balaban J connectivity index is 2.02. The molecule has 0 spiro atoms. The second-order valence-corrected chi connectivity index (χ2v) is 7.44. The summed E-state index contributed by atoms with van der Waals surface area (Å²) in [6.45, 7) is 3.41. The van der Waals surface area contributed by atoms with Gasteiger partial charge in [-0.3, -0.25) is 0 Å². The third-order valence-corrected chi connectivity index (χ3v) is 5.45. The molecule has 3 rings (SSSR count). The number of nitrogens with one attached hydrogen (secondary N) is 1. The van der Waals surface area contributed by atoms with Gasteiger partial charge in [0.05, 0.1) is 0 Å². The molecule has 2 aromatic rings. The number of hydrogen-bond acceptors (Lipinski definition) is 3. The van der Waals surface area contributed by atoms with Gasteiger partial charge in [-0.05, 0) is 55.3 Å². The predicted octanol–water partition coefficient (Wildman–Crippen LogP) is 4.37. The molecule has 4 nitrogen and oxygen atoms in total. The van der Waals surface area contributed by atoms with E-state index in [1.165, 1.54) is 12.1 Å². The molecule has 0 bridgehead atoms. The first-order valence-corrected chi connectivity index (χ1v) is 8.95. The number of halogens is 2. The Morgan fingerprint density at radius 3 is 2.38 bits per heavy atom. The van der Waals surface area contributed by atoms with E-state index in [0.717, 1.165) is 0 Å². The summed E-state index contributed by atoms with van der Waals surface area (Å²) in [6, 6.07) is 10.8. The van der Waals surface area contributed by atoms with E-state index in [2.05, 4.69) is 9.71 Å². The summed E-state index contributed by atoms with van der Waals surface area (Å²) in [4.78, 5) is 0.140. The largest absolute Gasteiger partial charge is 0.339 e. The molecule has 2 aromatic carbocycles. The van der Waals surface area contributed by atoms with Crippen molar-refractivity contribution in [2.75, 3.05) is 5.32 Å². The molecule has 0 amide bonds. The molecule has 1 N–H and O–H groups in total. The van der Waals surface area contributed by atoms with Crippen LogP contribution in [0.15, 0.2) is 52.4 Å². The monoisotopic (exact) mass is 364 g/mol. The van der Waals surface area contributed by atoms with Gasteiger partial charge in [0.25, 0.3) is 10.0 Å². The van der Waals surface area contributed by atoms with E-state index < -0.39 is 10.0 Å². The Hall–Kier alpha value is -2.18. The van der Waals surface area contributed by atoms with Gasteiger partial charge in [-0.1, -0.05) is 23.7 Å². The van der Waals surface area contributed by atoms with Crippen molar-refractivity contribution in [3.63, 3.8) is 0 Å². The molecular weight excluding hydrogens is 351 g/mol. The number of sulfonamides is 1. The minimum absolute atomic E-state index is 0.140. The minimum Gasteiger partial charge on any atom is -0.339 e. The lowest BCUT2D eigenvalue weighted by Crippen LogP contribution is -2.12. The molecule has 1 aliphatic rings. The van der Waals surface area contributed by atoms with E-state index in [1.807, 2.05) is 0 Å². The van der Waals surface area contributed by atoms with Gasteiger partial charge in [-0.25, -0.2) is 4.39 Å². The fraction of sp³-hybridized carbons (Fsp3) is 0.118. The Morgan fingerprint density at radius 2 is 1.75 bits per heavy atom. The highest BCUT2D eigenvalue weighted by molar-refractivity contribution is 8.00. The smallest absolute Gasteiger partial charge is 0.285 e. The van der Waals surface area contributed by atoms with Crippen LogP contribution in [0.4, 0.5) is 10.1 Å². The van der Waals surface area contributed by atoms with Gasteiger partial charge >= 0.3 is 0 Å². The molecule has 0 aromatic heterocycles. The molecule has 24 heavy (non-hydrogen) atoms. The molecule has 7 heteroatoms. The molecule has 0 radical (unpaired) electrons. The molecule has 0 aliphatic carbocycles. The van der Waals surface area contributed by atoms with Gasteiger partial charge in [0.2, 0.25) is 0 Å². The minimum atomic E-state index is -3.80. The highest BCUT2D eigenvalue weighted by Crippen LogP contribution is 2.33. The molecule has 0 unspecified atom stereocenters. The number of anilines is 1. The Bertz CT molecular complexity index is 980. The van der Waals surface area contributed by atoms with Crippen molar-refractivity contribution in [1.82, 2.24) is 0 Å². The van der Waals surface area contributed by atoms with Crippen molar-refractivity contribution >= 4 is 38.1 Å². The Labute approximate surface area is 144 Å². The maximum absolute atomic E-state index is 13.2. The van der Waals surface area contributed by atoms with Crippen molar-refractivity contribution in [3.05, 3.63) is 70.0 Å². The summed E-state index contributed by atoms with van der Waals surface area (Å²) in [5, 5.41) is 3.49. The Kier molecular flexibility index (Phi) is 4.19. The Morgan fingerprint density at radius 1 is 1.08 bits per heavy atom. The SMILES string of the molecule is CC1=C(c2ccc(Cl)cc2)S(=O)(=O)N=C1Nc1ccc(F)cc1C. The van der Waals surface area contributed by atoms with Gasteiger partial charge in [-0.2, -0.15) is 8.42 Å². The first kappa shape index (κ1) is 16.7. The zero-order chi connectivity index (χ0) is 17.5. The zero-order valence-electron chi connectivity index (χ0n) is 13.0. The third-order valence-electron chi connectivity index (χ3n) is 3.71. The average Bonchev–Trinajstić information content (AvgIpc) is 2.73. The topological polar surface area (TPSA) is 58.5 Å². The van der Waals surface area contributed by atoms with Crippen molar-refractivity contribution in [1.29, 1.82) is 0 Å². The lowest BCUT2D eigenvalue weighted by atomic mass is 10.1. The molecular formula is C17H14ClFN2O2S. The molecule has 0 fully saturated rings. The normalized spacial score (nSPS) is 16.2. The zero-order valence-corrected chi connectivity index (χ0v) is 14.5. The van der Waals surface area contributed by atoms with Crippen molar-refractivity contribution in [3.8, 4) is 0 Å². The first-order valence-electron chi connectivity index (χ1n) is 7.13. The predicted molar refractivity (Wildman–Crippen MR) is 95.2 cm³/mol. The van der Waals surface area contributed by atoms with E-state index >= 15 is 0 Å². The highest BCUT2D eigenvalue weighted by Gasteiger charge is 2.31. The summed E-state index contributed by atoms with van der Waals surface area (Å²) in [5.74, 6) is -0.122. The maximum atomic E-state index is 13.2. The second-order valence-electron chi connectivity index (χ2n) is 5.46. The van der Waals surface area contributed by atoms with Crippen molar-refractivity contribution in [2.24, 2.45) is 4.40 Å². The van der Waals surface area contributed by atoms with Crippen molar-refractivity contribution < 1.29 is 12.8 Å². The highest BCUT2D eigenvalue weighted by atomic mass is 35.5. The number of aryl methyl sites for hydroxylation is 1. The quantitative estimate of drug-likeness (QED) is 0.860. The van der Waals surface area contributed by atoms with Gasteiger partial charge in [0.1, 0.15) is 16.6 Å². The molecule has 124 valence electrons. The maximum Gasteiger partial charge on any atom is 0.285 e. The standard InChI is InChI=1S/C17H14ClFN2O2S/c1-10-9-14(19)7-8-15(10)20-17-11(2)16(24(22,23)21-17)12-3-5-13(18)6-4-12/h3-9H,1-2H3,(H,20,21). The lowest BCUT2D eigenvalue weighted by molar-refractivity contribution is 0.608. The molecule has 1 heterocycles. The van der Waals surface area contributed by atoms with Crippen LogP contribution in [-0.4, -0.2) is 14.3 Å². The van der Waals surface area contributed by atoms with Gasteiger partial charge in [0, 0.05) is 16.3 Å². The van der Waals surface area contributed by atoms with Crippen LogP contribution in [0.1, 0.15) is 18.1 Å². The third kappa shape index (κ3) is 3.07. The van der Waals surface area contributed by atoms with Crippen LogP contribution in [0.25, 0.3) is 4.91 Å². The van der Waals surface area contributed by atoms with Crippen LogP contribution in [0.3, 0.4) is 0 Å². The van der Waals surface area contributed by atoms with Crippen LogP contribution in [0, 0.1) is 12.7 Å². The molecule has 1 aliphatic heterocycles. The summed E-state index contributed by atoms with van der Waals surface area (Å²) in [5.41, 5.74) is 2.28. The first-order chi connectivity index (χ1) is 11.3. The summed E-state index contributed by atoms with van der Waals surface area (Å²) in [6.07, 6.45) is 0. The summed E-state index contributed by atoms with van der Waals surface area (Å²) < 4.78 is 41.9. The number of nitrogens with zero attached hydrogens (tertiary/aromatic N) is 1. The molecule has 0 saturated heterocycles. The fourth-order valence-corrected chi connectivity index (χ4v) is 4.07.